The van der Waals surface area contributed by atoms with Gasteiger partial charge >= 0.3 is 0 Å². The minimum absolute atomic E-state index is 0.190. The number of fused-ring (bicyclic) bond motifs is 8. The maximum Gasteiger partial charge on any atom is 0.0467 e. The quantitative estimate of drug-likeness (QED) is 0.175. The second-order valence-corrected chi connectivity index (χ2v) is 14.6. The molecule has 1 heteroatoms. The van der Waals surface area contributed by atoms with Crippen LogP contribution in [0.5, 0.6) is 0 Å². The van der Waals surface area contributed by atoms with Crippen LogP contribution in [0.3, 0.4) is 0 Å². The minimum atomic E-state index is 0.190. The maximum absolute atomic E-state index is 2.55. The van der Waals surface area contributed by atoms with Crippen LogP contribution < -0.4 is 4.90 Å². The number of nitrogens with zero attached hydrogens (tertiary/aromatic N) is 1. The Morgan fingerprint density at radius 3 is 1.56 bits per heavy atom. The third kappa shape index (κ3) is 4.68. The van der Waals surface area contributed by atoms with E-state index in [-0.39, 0.29) is 5.41 Å². The van der Waals surface area contributed by atoms with Crippen molar-refractivity contribution in [3.63, 3.8) is 0 Å². The molecule has 0 radical (unpaired) electrons. The molecule has 7 aromatic rings. The summed E-state index contributed by atoms with van der Waals surface area (Å²) in [6.45, 7) is 0. The summed E-state index contributed by atoms with van der Waals surface area (Å²) in [5.74, 6) is 1.63. The van der Waals surface area contributed by atoms with Crippen molar-refractivity contribution in [3.8, 4) is 44.5 Å². The van der Waals surface area contributed by atoms with Crippen molar-refractivity contribution in [2.24, 2.45) is 11.8 Å². The molecular formula is C49H39N. The van der Waals surface area contributed by atoms with Crippen LogP contribution >= 0.6 is 0 Å². The van der Waals surface area contributed by atoms with Gasteiger partial charge in [0.1, 0.15) is 0 Å². The van der Waals surface area contributed by atoms with E-state index in [0.29, 0.717) is 0 Å². The number of hydrogen-bond donors (Lipinski definition) is 0. The van der Waals surface area contributed by atoms with E-state index in [1.165, 1.54) is 70.2 Å². The van der Waals surface area contributed by atoms with Gasteiger partial charge < -0.3 is 4.90 Å². The lowest BCUT2D eigenvalue weighted by Gasteiger charge is -2.36. The van der Waals surface area contributed by atoms with Gasteiger partial charge in [0.15, 0.2) is 0 Å². The smallest absolute Gasteiger partial charge is 0.0467 e. The molecule has 1 spiro atoms. The average molecular weight is 642 g/mol. The van der Waals surface area contributed by atoms with E-state index in [9.17, 15) is 0 Å². The number of rotatable bonds is 6. The summed E-state index contributed by atoms with van der Waals surface area (Å²) in [6, 6.07) is 65.0. The van der Waals surface area contributed by atoms with E-state index >= 15 is 0 Å². The number of hydrogen-bond acceptors (Lipinski definition) is 1. The molecular weight excluding hydrogens is 603 g/mol. The standard InChI is InChI=1S/C49H39N/c1-3-11-35(12-4-1)38-15-9-17-43(30-38)50(44-18-10-16-39(31-44)36-13-5-2-6-14-36)42-26-22-37(23-27-42)40-24-28-46-45-19-7-8-20-47(45)49(48(46)32-40)33-34-21-25-41(49)29-34/h1-20,22-24,26-28,30-32,34,41H,21,25,29,33H2. The molecule has 2 fully saturated rings. The zero-order valence-electron chi connectivity index (χ0n) is 28.2. The maximum atomic E-state index is 2.55. The Hall–Kier alpha value is -5.66. The van der Waals surface area contributed by atoms with Crippen LogP contribution in [0.15, 0.2) is 176 Å². The third-order valence-electron chi connectivity index (χ3n) is 11.9. The molecule has 2 bridgehead atoms. The minimum Gasteiger partial charge on any atom is -0.310 e. The molecule has 3 atom stereocenters. The van der Waals surface area contributed by atoms with Gasteiger partial charge in [-0.2, -0.15) is 0 Å². The Labute approximate surface area is 295 Å². The van der Waals surface area contributed by atoms with E-state index in [2.05, 4.69) is 181 Å². The Morgan fingerprint density at radius 1 is 0.400 bits per heavy atom. The molecule has 3 unspecified atom stereocenters. The fraction of sp³-hybridized carbons (Fsp3) is 0.143. The van der Waals surface area contributed by atoms with Gasteiger partial charge in [0.05, 0.1) is 0 Å². The molecule has 3 aliphatic rings. The highest BCUT2D eigenvalue weighted by Gasteiger charge is 2.56. The second kappa shape index (κ2) is 11.7. The van der Waals surface area contributed by atoms with Gasteiger partial charge in [0, 0.05) is 22.5 Å². The molecule has 0 aliphatic heterocycles. The first-order chi connectivity index (χ1) is 24.7. The number of benzene rings is 7. The lowest BCUT2D eigenvalue weighted by atomic mass is 9.66. The summed E-state index contributed by atoms with van der Waals surface area (Å²) in [4.78, 5) is 2.40. The van der Waals surface area contributed by atoms with E-state index in [4.69, 9.17) is 0 Å². The van der Waals surface area contributed by atoms with Gasteiger partial charge in [-0.1, -0.05) is 140 Å². The zero-order chi connectivity index (χ0) is 33.1. The predicted molar refractivity (Wildman–Crippen MR) is 209 cm³/mol. The Bertz CT molecular complexity index is 2260. The van der Waals surface area contributed by atoms with Crippen LogP contribution in [0, 0.1) is 11.8 Å². The van der Waals surface area contributed by atoms with Gasteiger partial charge in [-0.05, 0) is 129 Å². The van der Waals surface area contributed by atoms with Gasteiger partial charge in [-0.3, -0.25) is 0 Å². The number of anilines is 3. The van der Waals surface area contributed by atoms with E-state index in [1.54, 1.807) is 11.1 Å². The van der Waals surface area contributed by atoms with Gasteiger partial charge in [0.25, 0.3) is 0 Å². The SMILES string of the molecule is c1ccc(-c2cccc(N(c3ccc(-c4ccc5c(c4)C4(CC6CCC4C6)c4ccccc4-5)cc3)c3cccc(-c4ccccc4)c3)c2)cc1. The van der Waals surface area contributed by atoms with Crippen LogP contribution in [0.1, 0.15) is 36.8 Å². The van der Waals surface area contributed by atoms with Crippen molar-refractivity contribution in [3.05, 3.63) is 187 Å². The lowest BCUT2D eigenvalue weighted by Crippen LogP contribution is -2.31. The Morgan fingerprint density at radius 2 is 0.940 bits per heavy atom. The second-order valence-electron chi connectivity index (χ2n) is 14.6. The van der Waals surface area contributed by atoms with Crippen LogP contribution in [0.2, 0.25) is 0 Å². The molecule has 0 aromatic heterocycles. The summed E-state index contributed by atoms with van der Waals surface area (Å²) in [6.07, 6.45) is 5.47. The molecule has 0 heterocycles. The molecule has 240 valence electrons. The van der Waals surface area contributed by atoms with E-state index in [0.717, 1.165) is 28.9 Å². The topological polar surface area (TPSA) is 3.24 Å². The summed E-state index contributed by atoms with van der Waals surface area (Å²) in [5, 5.41) is 0. The summed E-state index contributed by atoms with van der Waals surface area (Å²) >= 11 is 0. The molecule has 50 heavy (non-hydrogen) atoms. The van der Waals surface area contributed by atoms with Gasteiger partial charge in [-0.15, -0.1) is 0 Å². The van der Waals surface area contributed by atoms with Crippen LogP contribution in [0.4, 0.5) is 17.1 Å². The van der Waals surface area contributed by atoms with Crippen molar-refractivity contribution in [1.82, 2.24) is 0 Å². The first-order valence-corrected chi connectivity index (χ1v) is 18.2. The van der Waals surface area contributed by atoms with Crippen LogP contribution in [0.25, 0.3) is 44.5 Å². The van der Waals surface area contributed by atoms with E-state index < -0.39 is 0 Å². The molecule has 10 rings (SSSR count). The largest absolute Gasteiger partial charge is 0.310 e. The van der Waals surface area contributed by atoms with Crippen molar-refractivity contribution < 1.29 is 0 Å². The Balaban J connectivity index is 1.06. The molecule has 0 amide bonds. The average Bonchev–Trinajstić information content (AvgIpc) is 3.89. The molecule has 2 saturated carbocycles. The summed E-state index contributed by atoms with van der Waals surface area (Å²) < 4.78 is 0. The normalized spacial score (nSPS) is 19.8. The van der Waals surface area contributed by atoms with Crippen molar-refractivity contribution >= 4 is 17.1 Å². The first-order valence-electron chi connectivity index (χ1n) is 18.2. The lowest BCUT2D eigenvalue weighted by molar-refractivity contribution is 0.327. The van der Waals surface area contributed by atoms with Crippen molar-refractivity contribution in [2.45, 2.75) is 31.1 Å². The van der Waals surface area contributed by atoms with Gasteiger partial charge in [0.2, 0.25) is 0 Å². The summed E-state index contributed by atoms with van der Waals surface area (Å²) in [7, 11) is 0. The highest BCUT2D eigenvalue weighted by atomic mass is 15.1. The van der Waals surface area contributed by atoms with Crippen molar-refractivity contribution in [2.75, 3.05) is 4.90 Å². The molecule has 3 aliphatic carbocycles. The molecule has 7 aromatic carbocycles. The van der Waals surface area contributed by atoms with Crippen molar-refractivity contribution in [1.29, 1.82) is 0 Å². The van der Waals surface area contributed by atoms with Crippen LogP contribution in [-0.2, 0) is 5.41 Å². The fourth-order valence-corrected chi connectivity index (χ4v) is 9.73. The van der Waals surface area contributed by atoms with Crippen LogP contribution in [-0.4, -0.2) is 0 Å². The molecule has 1 nitrogen and oxygen atoms in total. The molecule has 0 N–H and O–H groups in total. The fourth-order valence-electron chi connectivity index (χ4n) is 9.73. The predicted octanol–water partition coefficient (Wildman–Crippen LogP) is 13.2. The monoisotopic (exact) mass is 641 g/mol. The highest BCUT2D eigenvalue weighted by molar-refractivity contribution is 5.86. The third-order valence-corrected chi connectivity index (χ3v) is 11.9. The summed E-state index contributed by atoms with van der Waals surface area (Å²) in [5.41, 5.74) is 17.1. The van der Waals surface area contributed by atoms with E-state index in [1.807, 2.05) is 0 Å². The highest BCUT2D eigenvalue weighted by Crippen LogP contribution is 2.65. The molecule has 0 saturated heterocycles. The van der Waals surface area contributed by atoms with Gasteiger partial charge in [-0.25, -0.2) is 0 Å². The zero-order valence-corrected chi connectivity index (χ0v) is 28.2. The first kappa shape index (κ1) is 29.3. The Kier molecular flexibility index (Phi) is 6.88.